The molecule has 1 N–H and O–H groups in total. The van der Waals surface area contributed by atoms with E-state index >= 15 is 0 Å². The van der Waals surface area contributed by atoms with Gasteiger partial charge >= 0.3 is 0 Å². The topological polar surface area (TPSA) is 54.3 Å². The van der Waals surface area contributed by atoms with E-state index in [0.29, 0.717) is 29.8 Å². The highest BCUT2D eigenvalue weighted by Gasteiger charge is 2.36. The zero-order valence-corrected chi connectivity index (χ0v) is 14.3. The predicted molar refractivity (Wildman–Crippen MR) is 84.5 cm³/mol. The molecular formula is C15H27N3O2S. The molecule has 0 bridgehead atoms. The van der Waals surface area contributed by atoms with Gasteiger partial charge in [0.1, 0.15) is 4.90 Å². The number of aryl methyl sites for hydroxylation is 1. The van der Waals surface area contributed by atoms with Gasteiger partial charge in [-0.25, -0.2) is 12.7 Å². The van der Waals surface area contributed by atoms with E-state index < -0.39 is 10.0 Å². The average molecular weight is 313 g/mol. The normalized spacial score (nSPS) is 22.0. The van der Waals surface area contributed by atoms with E-state index in [2.05, 4.69) is 19.2 Å². The summed E-state index contributed by atoms with van der Waals surface area (Å²) in [6.07, 6.45) is 3.92. The third-order valence-corrected chi connectivity index (χ3v) is 6.08. The largest absolute Gasteiger partial charge is 0.352 e. The van der Waals surface area contributed by atoms with Crippen molar-refractivity contribution >= 4 is 10.0 Å². The zero-order valence-electron chi connectivity index (χ0n) is 13.5. The summed E-state index contributed by atoms with van der Waals surface area (Å²) < 4.78 is 28.6. The van der Waals surface area contributed by atoms with Gasteiger partial charge in [0.2, 0.25) is 10.0 Å². The van der Waals surface area contributed by atoms with Crippen LogP contribution in [0.15, 0.2) is 17.2 Å². The second kappa shape index (κ2) is 6.50. The van der Waals surface area contributed by atoms with Crippen molar-refractivity contribution < 1.29 is 8.42 Å². The fourth-order valence-corrected chi connectivity index (χ4v) is 3.87. The second-order valence-electron chi connectivity index (χ2n) is 6.21. The molecule has 5 nitrogen and oxygen atoms in total. The third kappa shape index (κ3) is 3.87. The van der Waals surface area contributed by atoms with E-state index in [1.165, 1.54) is 4.31 Å². The zero-order chi connectivity index (χ0) is 15.6. The molecule has 2 atom stereocenters. The highest BCUT2D eigenvalue weighted by Crippen LogP contribution is 2.38. The fraction of sp³-hybridized carbons (Fsp3) is 0.733. The lowest BCUT2D eigenvalue weighted by Gasteiger charge is -2.15. The SMILES string of the molecule is CCCNCc1cc(S(=O)(=O)N(C)CC2CC2C)cn1C. The molecule has 1 aliphatic rings. The first-order valence-electron chi connectivity index (χ1n) is 7.68. The number of nitrogens with zero attached hydrogens (tertiary/aromatic N) is 2. The summed E-state index contributed by atoms with van der Waals surface area (Å²) in [4.78, 5) is 0.397. The number of nitrogens with one attached hydrogen (secondary N) is 1. The summed E-state index contributed by atoms with van der Waals surface area (Å²) in [7, 11) is 0.212. The van der Waals surface area contributed by atoms with Crippen molar-refractivity contribution in [2.45, 2.75) is 38.1 Å². The summed E-state index contributed by atoms with van der Waals surface area (Å²) in [5.41, 5.74) is 0.996. The number of aromatic nitrogens is 1. The van der Waals surface area contributed by atoms with E-state index in [1.54, 1.807) is 19.3 Å². The van der Waals surface area contributed by atoms with E-state index in [9.17, 15) is 8.42 Å². The molecule has 0 aromatic carbocycles. The summed E-state index contributed by atoms with van der Waals surface area (Å²) in [6.45, 7) is 6.55. The number of rotatable bonds is 8. The van der Waals surface area contributed by atoms with Crippen LogP contribution in [-0.4, -0.2) is 37.4 Å². The predicted octanol–water partition coefficient (Wildman–Crippen LogP) is 1.80. The molecule has 1 fully saturated rings. The standard InChI is InChI=1S/C15H27N3O2S/c1-5-6-16-9-14-8-15(11-17(14)3)21(19,20)18(4)10-13-7-12(13)2/h8,11-13,16H,5-7,9-10H2,1-4H3. The van der Waals surface area contributed by atoms with Gasteiger partial charge in [0.15, 0.2) is 0 Å². The Morgan fingerprint density at radius 1 is 1.48 bits per heavy atom. The molecule has 1 aliphatic carbocycles. The van der Waals surface area contributed by atoms with Crippen LogP contribution in [0.25, 0.3) is 0 Å². The van der Waals surface area contributed by atoms with Crippen molar-refractivity contribution in [3.05, 3.63) is 18.0 Å². The summed E-state index contributed by atoms with van der Waals surface area (Å²) in [5.74, 6) is 1.19. The maximum absolute atomic E-state index is 12.6. The lowest BCUT2D eigenvalue weighted by molar-refractivity contribution is 0.444. The molecular weight excluding hydrogens is 286 g/mol. The molecule has 0 saturated heterocycles. The minimum absolute atomic E-state index is 0.397. The first kappa shape index (κ1) is 16.5. The molecule has 0 amide bonds. The van der Waals surface area contributed by atoms with Crippen molar-refractivity contribution in [1.82, 2.24) is 14.2 Å². The number of hydrogen-bond donors (Lipinski definition) is 1. The lowest BCUT2D eigenvalue weighted by Crippen LogP contribution is -2.29. The van der Waals surface area contributed by atoms with E-state index in [4.69, 9.17) is 0 Å². The van der Waals surface area contributed by atoms with Gasteiger partial charge in [0.05, 0.1) is 0 Å². The molecule has 2 unspecified atom stereocenters. The van der Waals surface area contributed by atoms with Crippen molar-refractivity contribution in [1.29, 1.82) is 0 Å². The highest BCUT2D eigenvalue weighted by atomic mass is 32.2. The molecule has 21 heavy (non-hydrogen) atoms. The molecule has 1 heterocycles. The van der Waals surface area contributed by atoms with Crippen LogP contribution in [-0.2, 0) is 23.6 Å². The summed E-state index contributed by atoms with van der Waals surface area (Å²) in [5, 5.41) is 3.30. The highest BCUT2D eigenvalue weighted by molar-refractivity contribution is 7.89. The van der Waals surface area contributed by atoms with Crippen LogP contribution in [0, 0.1) is 11.8 Å². The Balaban J connectivity index is 2.07. The monoisotopic (exact) mass is 313 g/mol. The molecule has 1 aromatic rings. The Morgan fingerprint density at radius 3 is 2.71 bits per heavy atom. The van der Waals surface area contributed by atoms with Crippen LogP contribution in [0.2, 0.25) is 0 Å². The van der Waals surface area contributed by atoms with Crippen molar-refractivity contribution in [2.75, 3.05) is 20.1 Å². The molecule has 0 aliphatic heterocycles. The van der Waals surface area contributed by atoms with Crippen molar-refractivity contribution in [2.24, 2.45) is 18.9 Å². The van der Waals surface area contributed by atoms with Gasteiger partial charge in [-0.2, -0.15) is 0 Å². The molecule has 1 aromatic heterocycles. The van der Waals surface area contributed by atoms with Gasteiger partial charge in [0, 0.05) is 39.1 Å². The maximum Gasteiger partial charge on any atom is 0.244 e. The first-order valence-corrected chi connectivity index (χ1v) is 9.12. The van der Waals surface area contributed by atoms with Gasteiger partial charge in [-0.3, -0.25) is 0 Å². The minimum Gasteiger partial charge on any atom is -0.352 e. The smallest absolute Gasteiger partial charge is 0.244 e. The Kier molecular flexibility index (Phi) is 5.11. The van der Waals surface area contributed by atoms with Crippen LogP contribution >= 0.6 is 0 Å². The first-order chi connectivity index (χ1) is 9.86. The second-order valence-corrected chi connectivity index (χ2v) is 8.26. The molecule has 1 saturated carbocycles. The van der Waals surface area contributed by atoms with Gasteiger partial charge in [-0.15, -0.1) is 0 Å². The Hall–Kier alpha value is -0.850. The van der Waals surface area contributed by atoms with Gasteiger partial charge in [-0.1, -0.05) is 13.8 Å². The summed E-state index contributed by atoms with van der Waals surface area (Å²) in [6, 6.07) is 1.78. The van der Waals surface area contributed by atoms with Crippen molar-refractivity contribution in [3.63, 3.8) is 0 Å². The van der Waals surface area contributed by atoms with Crippen LogP contribution in [0.3, 0.4) is 0 Å². The van der Waals surface area contributed by atoms with Crippen LogP contribution in [0.1, 0.15) is 32.4 Å². The Labute approximate surface area is 128 Å². The van der Waals surface area contributed by atoms with Gasteiger partial charge in [0.25, 0.3) is 0 Å². The van der Waals surface area contributed by atoms with Gasteiger partial charge in [-0.05, 0) is 37.3 Å². The number of sulfonamides is 1. The van der Waals surface area contributed by atoms with Crippen LogP contribution in [0.5, 0.6) is 0 Å². The lowest BCUT2D eigenvalue weighted by atomic mass is 10.3. The maximum atomic E-state index is 12.6. The Morgan fingerprint density at radius 2 is 2.14 bits per heavy atom. The Bertz CT molecular complexity index is 580. The van der Waals surface area contributed by atoms with E-state index in [0.717, 1.165) is 25.1 Å². The molecule has 0 radical (unpaired) electrons. The van der Waals surface area contributed by atoms with Gasteiger partial charge < -0.3 is 9.88 Å². The van der Waals surface area contributed by atoms with Crippen LogP contribution in [0.4, 0.5) is 0 Å². The third-order valence-electron chi connectivity index (χ3n) is 4.29. The van der Waals surface area contributed by atoms with E-state index in [-0.39, 0.29) is 0 Å². The molecule has 0 spiro atoms. The molecule has 6 heteroatoms. The summed E-state index contributed by atoms with van der Waals surface area (Å²) >= 11 is 0. The quantitative estimate of drug-likeness (QED) is 0.745. The van der Waals surface area contributed by atoms with Crippen LogP contribution < -0.4 is 5.32 Å². The fourth-order valence-electron chi connectivity index (χ4n) is 2.55. The number of hydrogen-bond acceptors (Lipinski definition) is 3. The van der Waals surface area contributed by atoms with E-state index in [1.807, 2.05) is 11.6 Å². The average Bonchev–Trinajstić information content (AvgIpc) is 2.96. The van der Waals surface area contributed by atoms with Crippen molar-refractivity contribution in [3.8, 4) is 0 Å². The molecule has 2 rings (SSSR count). The minimum atomic E-state index is -3.37. The molecule has 120 valence electrons.